The molecule has 0 aliphatic rings. The highest BCUT2D eigenvalue weighted by atomic mass is 32.1. The summed E-state index contributed by atoms with van der Waals surface area (Å²) in [6.45, 7) is 3.56. The lowest BCUT2D eigenvalue weighted by Gasteiger charge is -2.23. The minimum Gasteiger partial charge on any atom is -0.494 e. The van der Waals surface area contributed by atoms with E-state index in [1.807, 2.05) is 36.6 Å². The van der Waals surface area contributed by atoms with Crippen LogP contribution in [-0.4, -0.2) is 46.3 Å². The summed E-state index contributed by atoms with van der Waals surface area (Å²) in [7, 11) is 5.32. The number of aromatic nitrogens is 3. The number of thiophene rings is 1. The van der Waals surface area contributed by atoms with Crippen LogP contribution in [0.25, 0.3) is 0 Å². The van der Waals surface area contributed by atoms with Gasteiger partial charge in [-0.25, -0.2) is 9.38 Å². The zero-order chi connectivity index (χ0) is 21.5. The van der Waals surface area contributed by atoms with E-state index in [0.29, 0.717) is 13.1 Å². The van der Waals surface area contributed by atoms with Crippen molar-refractivity contribution in [2.24, 2.45) is 12.0 Å². The first-order valence-electron chi connectivity index (χ1n) is 9.67. The summed E-state index contributed by atoms with van der Waals surface area (Å²) in [5, 5.41) is 13.8. The maximum atomic E-state index is 14.1. The molecule has 160 valence electrons. The summed E-state index contributed by atoms with van der Waals surface area (Å²) >= 11 is 1.74. The molecule has 3 rings (SSSR count). The van der Waals surface area contributed by atoms with Gasteiger partial charge in [-0.15, -0.1) is 21.5 Å². The molecule has 0 aliphatic carbocycles. The molecular formula is C21H27FN6OS. The van der Waals surface area contributed by atoms with Crippen LogP contribution >= 0.6 is 11.3 Å². The first-order valence-corrected chi connectivity index (χ1v) is 10.5. The average molecular weight is 431 g/mol. The van der Waals surface area contributed by atoms with Crippen LogP contribution in [0.1, 0.15) is 22.1 Å². The van der Waals surface area contributed by atoms with Gasteiger partial charge < -0.3 is 19.5 Å². The topological polar surface area (TPSA) is 67.6 Å². The highest BCUT2D eigenvalue weighted by Crippen LogP contribution is 2.18. The molecule has 7 nitrogen and oxygen atoms in total. The first-order chi connectivity index (χ1) is 14.5. The quantitative estimate of drug-likeness (QED) is 0.439. The Hall–Kier alpha value is -2.94. The maximum Gasteiger partial charge on any atom is 0.194 e. The molecule has 0 saturated carbocycles. The third-order valence-electron chi connectivity index (χ3n) is 4.79. The van der Waals surface area contributed by atoms with E-state index in [9.17, 15) is 4.39 Å². The highest BCUT2D eigenvalue weighted by molar-refractivity contribution is 7.09. The van der Waals surface area contributed by atoms with Crippen LogP contribution in [-0.2, 0) is 26.6 Å². The fourth-order valence-electron chi connectivity index (χ4n) is 2.96. The van der Waals surface area contributed by atoms with Gasteiger partial charge in [-0.1, -0.05) is 12.1 Å². The van der Waals surface area contributed by atoms with E-state index in [2.05, 4.69) is 33.0 Å². The van der Waals surface area contributed by atoms with Crippen molar-refractivity contribution in [2.75, 3.05) is 20.7 Å². The number of halogens is 1. The van der Waals surface area contributed by atoms with Crippen molar-refractivity contribution in [3.05, 3.63) is 63.6 Å². The lowest BCUT2D eigenvalue weighted by atomic mass is 10.2. The van der Waals surface area contributed by atoms with E-state index >= 15 is 0 Å². The first kappa shape index (κ1) is 21.8. The van der Waals surface area contributed by atoms with E-state index < -0.39 is 0 Å². The lowest BCUT2D eigenvalue weighted by molar-refractivity contribution is 0.385. The van der Waals surface area contributed by atoms with Gasteiger partial charge in [0.2, 0.25) is 0 Å². The molecular weight excluding hydrogens is 403 g/mol. The van der Waals surface area contributed by atoms with E-state index in [-0.39, 0.29) is 11.6 Å². The molecule has 30 heavy (non-hydrogen) atoms. The van der Waals surface area contributed by atoms with Gasteiger partial charge in [0, 0.05) is 32.1 Å². The number of nitrogens with zero attached hydrogens (tertiary/aromatic N) is 5. The zero-order valence-electron chi connectivity index (χ0n) is 17.7. The molecule has 0 unspecified atom stereocenters. The number of guanidine groups is 1. The predicted molar refractivity (Wildman–Crippen MR) is 117 cm³/mol. The van der Waals surface area contributed by atoms with E-state index in [4.69, 9.17) is 9.73 Å². The molecule has 1 aromatic carbocycles. The van der Waals surface area contributed by atoms with E-state index in [1.165, 1.54) is 18.1 Å². The number of hydrogen-bond acceptors (Lipinski definition) is 5. The molecule has 0 amide bonds. The number of aryl methyl sites for hydroxylation is 1. The van der Waals surface area contributed by atoms with Crippen molar-refractivity contribution in [1.82, 2.24) is 25.0 Å². The summed E-state index contributed by atoms with van der Waals surface area (Å²) in [6.07, 6.45) is 0.907. The molecule has 0 fully saturated rings. The number of methoxy groups -OCH3 is 1. The summed E-state index contributed by atoms with van der Waals surface area (Å²) in [6, 6.07) is 9.16. The second-order valence-corrected chi connectivity index (χ2v) is 7.98. The second kappa shape index (κ2) is 10.2. The molecule has 0 aliphatic heterocycles. The molecule has 0 radical (unpaired) electrons. The zero-order valence-corrected chi connectivity index (χ0v) is 18.5. The third-order valence-corrected chi connectivity index (χ3v) is 5.72. The Morgan fingerprint density at radius 2 is 2.17 bits per heavy atom. The van der Waals surface area contributed by atoms with E-state index in [0.717, 1.165) is 36.1 Å². The minimum atomic E-state index is -0.373. The summed E-state index contributed by atoms with van der Waals surface area (Å²) in [4.78, 5) is 8.01. The number of rotatable bonds is 8. The van der Waals surface area contributed by atoms with Gasteiger partial charge in [0.1, 0.15) is 12.4 Å². The van der Waals surface area contributed by atoms with Gasteiger partial charge >= 0.3 is 0 Å². The normalized spacial score (nSPS) is 11.6. The Morgan fingerprint density at radius 1 is 1.33 bits per heavy atom. The lowest BCUT2D eigenvalue weighted by Crippen LogP contribution is -2.39. The summed E-state index contributed by atoms with van der Waals surface area (Å²) in [5.41, 5.74) is 0.832. The third kappa shape index (κ3) is 5.56. The molecule has 1 N–H and O–H groups in total. The number of hydrogen-bond donors (Lipinski definition) is 1. The molecule has 0 saturated heterocycles. The molecule has 2 heterocycles. The summed E-state index contributed by atoms with van der Waals surface area (Å²) in [5.74, 6) is 2.22. The standard InChI is InChI=1S/C21H27FN6OS/c1-15-25-26-20(28(15)3)13-24-21(23-10-9-17-6-5-11-30-17)27(2)14-16-7-8-19(29-4)18(22)12-16/h5-8,11-12H,9-10,13-14H2,1-4H3,(H,23,24). The number of nitrogens with one attached hydrogen (secondary N) is 1. The molecule has 0 atom stereocenters. The van der Waals surface area contributed by atoms with Crippen LogP contribution < -0.4 is 10.1 Å². The van der Waals surface area contributed by atoms with Crippen molar-refractivity contribution in [1.29, 1.82) is 0 Å². The Morgan fingerprint density at radius 3 is 2.80 bits per heavy atom. The molecule has 9 heteroatoms. The van der Waals surface area contributed by atoms with Crippen molar-refractivity contribution >= 4 is 17.3 Å². The number of ether oxygens (including phenoxy) is 1. The Labute approximate surface area is 180 Å². The summed E-state index contributed by atoms with van der Waals surface area (Å²) < 4.78 is 21.0. The highest BCUT2D eigenvalue weighted by Gasteiger charge is 2.11. The van der Waals surface area contributed by atoms with Crippen molar-refractivity contribution in [3.63, 3.8) is 0 Å². The van der Waals surface area contributed by atoms with Gasteiger partial charge in [0.15, 0.2) is 23.4 Å². The van der Waals surface area contributed by atoms with Gasteiger partial charge in [-0.2, -0.15) is 0 Å². The van der Waals surface area contributed by atoms with Crippen LogP contribution in [0.3, 0.4) is 0 Å². The van der Waals surface area contributed by atoms with Crippen LogP contribution in [0.2, 0.25) is 0 Å². The second-order valence-electron chi connectivity index (χ2n) is 6.94. The molecule has 2 aromatic heterocycles. The monoisotopic (exact) mass is 430 g/mol. The fraction of sp³-hybridized carbons (Fsp3) is 0.381. The number of aliphatic imine (C=N–C) groups is 1. The van der Waals surface area contributed by atoms with Crippen LogP contribution in [0.5, 0.6) is 5.75 Å². The predicted octanol–water partition coefficient (Wildman–Crippen LogP) is 3.15. The van der Waals surface area contributed by atoms with Gasteiger partial charge in [0.25, 0.3) is 0 Å². The molecule has 3 aromatic rings. The molecule has 0 spiro atoms. The van der Waals surface area contributed by atoms with Crippen LogP contribution in [0.15, 0.2) is 40.7 Å². The largest absolute Gasteiger partial charge is 0.494 e. The van der Waals surface area contributed by atoms with E-state index in [1.54, 1.807) is 17.4 Å². The van der Waals surface area contributed by atoms with Gasteiger partial charge in [-0.05, 0) is 42.5 Å². The van der Waals surface area contributed by atoms with Crippen LogP contribution in [0.4, 0.5) is 4.39 Å². The molecule has 0 bridgehead atoms. The fourth-order valence-corrected chi connectivity index (χ4v) is 3.66. The van der Waals surface area contributed by atoms with Crippen LogP contribution in [0, 0.1) is 12.7 Å². The Balaban J connectivity index is 1.71. The Bertz CT molecular complexity index is 986. The maximum absolute atomic E-state index is 14.1. The van der Waals surface area contributed by atoms with Gasteiger partial charge in [0.05, 0.1) is 7.11 Å². The van der Waals surface area contributed by atoms with Crippen molar-refractivity contribution < 1.29 is 9.13 Å². The average Bonchev–Trinajstić information content (AvgIpc) is 3.35. The SMILES string of the molecule is COc1ccc(CN(C)C(=NCc2nnc(C)n2C)NCCc2cccs2)cc1F. The van der Waals surface area contributed by atoms with Crippen molar-refractivity contribution in [3.8, 4) is 5.75 Å². The van der Waals surface area contributed by atoms with Crippen molar-refractivity contribution in [2.45, 2.75) is 26.4 Å². The smallest absolute Gasteiger partial charge is 0.194 e. The number of benzene rings is 1. The van der Waals surface area contributed by atoms with Gasteiger partial charge in [-0.3, -0.25) is 0 Å². The minimum absolute atomic E-state index is 0.238. The Kier molecular flexibility index (Phi) is 7.40.